The zero-order valence-corrected chi connectivity index (χ0v) is 15.7. The summed E-state index contributed by atoms with van der Waals surface area (Å²) in [6.07, 6.45) is 2.95. The number of anilines is 1. The van der Waals surface area contributed by atoms with E-state index in [9.17, 15) is 9.90 Å². The molecule has 2 atom stereocenters. The molecular formula is C20H32N2O2. The van der Waals surface area contributed by atoms with Crippen molar-refractivity contribution in [3.63, 3.8) is 0 Å². The fourth-order valence-corrected chi connectivity index (χ4v) is 4.47. The van der Waals surface area contributed by atoms with Crippen LogP contribution in [-0.4, -0.2) is 29.7 Å². The Kier molecular flexibility index (Phi) is 5.71. The number of aliphatic hydroxyl groups excluding tert-OH is 1. The molecule has 1 aromatic carbocycles. The van der Waals surface area contributed by atoms with Gasteiger partial charge in [0.15, 0.2) is 0 Å². The third-order valence-electron chi connectivity index (χ3n) is 5.04. The van der Waals surface area contributed by atoms with Crippen LogP contribution in [0.5, 0.6) is 0 Å². The largest absolute Gasteiger partial charge is 0.394 e. The van der Waals surface area contributed by atoms with E-state index in [1.165, 1.54) is 5.56 Å². The molecule has 0 spiro atoms. The first-order chi connectivity index (χ1) is 11.1. The number of hydrogen-bond acceptors (Lipinski definition) is 3. The maximum absolute atomic E-state index is 12.3. The molecule has 0 aromatic heterocycles. The van der Waals surface area contributed by atoms with Gasteiger partial charge >= 0.3 is 0 Å². The van der Waals surface area contributed by atoms with Gasteiger partial charge in [0.1, 0.15) is 0 Å². The summed E-state index contributed by atoms with van der Waals surface area (Å²) >= 11 is 0. The zero-order chi connectivity index (χ0) is 18.0. The summed E-state index contributed by atoms with van der Waals surface area (Å²) in [5, 5.41) is 16.3. The van der Waals surface area contributed by atoms with E-state index in [2.05, 4.69) is 37.5 Å². The van der Waals surface area contributed by atoms with Gasteiger partial charge in [0.05, 0.1) is 13.2 Å². The van der Waals surface area contributed by atoms with E-state index in [0.29, 0.717) is 5.92 Å². The normalized spacial score (nSPS) is 26.2. The summed E-state index contributed by atoms with van der Waals surface area (Å²) in [6, 6.07) is 6.00. The van der Waals surface area contributed by atoms with Crippen LogP contribution < -0.4 is 10.6 Å². The Hall–Kier alpha value is -1.39. The van der Waals surface area contributed by atoms with E-state index < -0.39 is 0 Å². The van der Waals surface area contributed by atoms with Gasteiger partial charge in [-0.05, 0) is 56.1 Å². The highest BCUT2D eigenvalue weighted by atomic mass is 16.3. The average molecular weight is 332 g/mol. The Morgan fingerprint density at radius 3 is 2.58 bits per heavy atom. The van der Waals surface area contributed by atoms with Gasteiger partial charge in [-0.15, -0.1) is 0 Å². The predicted molar refractivity (Wildman–Crippen MR) is 99.2 cm³/mol. The molecule has 24 heavy (non-hydrogen) atoms. The van der Waals surface area contributed by atoms with Crippen molar-refractivity contribution in [2.45, 2.75) is 59.4 Å². The highest BCUT2D eigenvalue weighted by molar-refractivity contribution is 5.93. The number of aliphatic hydroxyl groups is 1. The lowest BCUT2D eigenvalue weighted by Crippen LogP contribution is -2.56. The SMILES string of the molecule is Cc1ccc(NC(=O)CN[C@@]2(CO)C[C@@H](C)CC(C)(C)C2)c(C)c1. The Bertz CT molecular complexity index is 597. The van der Waals surface area contributed by atoms with Crippen molar-refractivity contribution in [1.29, 1.82) is 0 Å². The molecule has 4 nitrogen and oxygen atoms in total. The molecule has 0 saturated heterocycles. The van der Waals surface area contributed by atoms with E-state index in [1.807, 2.05) is 26.0 Å². The fourth-order valence-electron chi connectivity index (χ4n) is 4.47. The number of amides is 1. The number of aryl methyl sites for hydroxylation is 2. The van der Waals surface area contributed by atoms with Gasteiger partial charge < -0.3 is 15.7 Å². The highest BCUT2D eigenvalue weighted by Crippen LogP contribution is 2.43. The minimum absolute atomic E-state index is 0.0641. The molecule has 1 aliphatic carbocycles. The van der Waals surface area contributed by atoms with Gasteiger partial charge in [0.2, 0.25) is 5.91 Å². The van der Waals surface area contributed by atoms with Crippen molar-refractivity contribution in [2.24, 2.45) is 11.3 Å². The quantitative estimate of drug-likeness (QED) is 0.774. The number of rotatable bonds is 5. The second-order valence-electron chi connectivity index (χ2n) is 8.51. The molecule has 3 N–H and O–H groups in total. The van der Waals surface area contributed by atoms with Crippen molar-refractivity contribution in [2.75, 3.05) is 18.5 Å². The maximum Gasteiger partial charge on any atom is 0.238 e. The maximum atomic E-state index is 12.3. The first kappa shape index (κ1) is 18.9. The predicted octanol–water partition coefficient (Wildman–Crippen LogP) is 3.41. The second kappa shape index (κ2) is 7.24. The van der Waals surface area contributed by atoms with E-state index >= 15 is 0 Å². The van der Waals surface area contributed by atoms with Gasteiger partial charge in [0, 0.05) is 11.2 Å². The van der Waals surface area contributed by atoms with Crippen molar-refractivity contribution in [3.05, 3.63) is 29.3 Å². The average Bonchev–Trinajstić information content (AvgIpc) is 2.46. The van der Waals surface area contributed by atoms with Gasteiger partial charge in [-0.1, -0.05) is 38.5 Å². The van der Waals surface area contributed by atoms with Crippen molar-refractivity contribution in [3.8, 4) is 0 Å². The summed E-state index contributed by atoms with van der Waals surface area (Å²) in [7, 11) is 0. The van der Waals surface area contributed by atoms with Gasteiger partial charge in [-0.25, -0.2) is 0 Å². The fraction of sp³-hybridized carbons (Fsp3) is 0.650. The van der Waals surface area contributed by atoms with Crippen LogP contribution in [0.15, 0.2) is 18.2 Å². The van der Waals surface area contributed by atoms with Crippen LogP contribution >= 0.6 is 0 Å². The van der Waals surface area contributed by atoms with E-state index in [1.54, 1.807) is 0 Å². The minimum Gasteiger partial charge on any atom is -0.394 e. The number of carbonyl (C=O) groups excluding carboxylic acids is 1. The monoisotopic (exact) mass is 332 g/mol. The minimum atomic E-state index is -0.360. The Morgan fingerprint density at radius 2 is 2.00 bits per heavy atom. The molecule has 1 amide bonds. The molecule has 4 heteroatoms. The molecule has 2 rings (SSSR count). The number of hydrogen-bond donors (Lipinski definition) is 3. The third-order valence-corrected chi connectivity index (χ3v) is 5.04. The lowest BCUT2D eigenvalue weighted by atomic mass is 9.64. The van der Waals surface area contributed by atoms with Crippen LogP contribution in [0.2, 0.25) is 0 Å². The van der Waals surface area contributed by atoms with Crippen molar-refractivity contribution >= 4 is 11.6 Å². The number of nitrogens with one attached hydrogen (secondary N) is 2. The lowest BCUT2D eigenvalue weighted by Gasteiger charge is -2.47. The van der Waals surface area contributed by atoms with Crippen LogP contribution in [0.3, 0.4) is 0 Å². The molecule has 0 aliphatic heterocycles. The van der Waals surface area contributed by atoms with Gasteiger partial charge in [0.25, 0.3) is 0 Å². The van der Waals surface area contributed by atoms with Crippen LogP contribution in [0.25, 0.3) is 0 Å². The van der Waals surface area contributed by atoms with Gasteiger partial charge in [-0.3, -0.25) is 4.79 Å². The third kappa shape index (κ3) is 4.81. The molecule has 1 fully saturated rings. The second-order valence-corrected chi connectivity index (χ2v) is 8.51. The van der Waals surface area contributed by atoms with Crippen LogP contribution in [0, 0.1) is 25.2 Å². The Labute approximate surface area is 146 Å². The first-order valence-corrected chi connectivity index (χ1v) is 8.88. The molecule has 0 radical (unpaired) electrons. The molecule has 134 valence electrons. The lowest BCUT2D eigenvalue weighted by molar-refractivity contribution is -0.116. The van der Waals surface area contributed by atoms with E-state index in [0.717, 1.165) is 30.5 Å². The van der Waals surface area contributed by atoms with Crippen molar-refractivity contribution < 1.29 is 9.90 Å². The molecule has 0 heterocycles. The Balaban J connectivity index is 1.98. The van der Waals surface area contributed by atoms with Crippen LogP contribution in [0.1, 0.15) is 51.2 Å². The topological polar surface area (TPSA) is 61.4 Å². The zero-order valence-electron chi connectivity index (χ0n) is 15.7. The van der Waals surface area contributed by atoms with Crippen molar-refractivity contribution in [1.82, 2.24) is 5.32 Å². The van der Waals surface area contributed by atoms with Crippen LogP contribution in [-0.2, 0) is 4.79 Å². The first-order valence-electron chi connectivity index (χ1n) is 8.88. The van der Waals surface area contributed by atoms with Gasteiger partial charge in [-0.2, -0.15) is 0 Å². The molecule has 1 aliphatic rings. The number of benzene rings is 1. The van der Waals surface area contributed by atoms with E-state index in [-0.39, 0.29) is 30.0 Å². The van der Waals surface area contributed by atoms with Crippen LogP contribution in [0.4, 0.5) is 5.69 Å². The van der Waals surface area contributed by atoms with E-state index in [4.69, 9.17) is 0 Å². The Morgan fingerprint density at radius 1 is 1.29 bits per heavy atom. The molecule has 1 aromatic rings. The summed E-state index contributed by atoms with van der Waals surface area (Å²) in [5.74, 6) is 0.474. The summed E-state index contributed by atoms with van der Waals surface area (Å²) in [4.78, 5) is 12.3. The molecule has 1 saturated carbocycles. The summed E-state index contributed by atoms with van der Waals surface area (Å²) in [6.45, 7) is 11.0. The highest BCUT2D eigenvalue weighted by Gasteiger charge is 2.42. The number of carbonyl (C=O) groups is 1. The molecular weight excluding hydrogens is 300 g/mol. The summed E-state index contributed by atoms with van der Waals surface area (Å²) < 4.78 is 0. The molecule has 0 bridgehead atoms. The smallest absolute Gasteiger partial charge is 0.238 e. The summed E-state index contributed by atoms with van der Waals surface area (Å²) in [5.41, 5.74) is 2.91. The standard InChI is InChI=1S/C20H32N2O2/c1-14-6-7-17(16(3)8-14)22-18(24)11-21-20(13-23)10-15(2)9-19(4,5)12-20/h6-8,15,21,23H,9-13H2,1-5H3,(H,22,24)/t15-,20-/m0/s1. The molecule has 0 unspecified atom stereocenters.